The van der Waals surface area contributed by atoms with Crippen molar-refractivity contribution in [2.24, 2.45) is 0 Å². The summed E-state index contributed by atoms with van der Waals surface area (Å²) in [6, 6.07) is 1.79. The van der Waals surface area contributed by atoms with Gasteiger partial charge in [0.25, 0.3) is 0 Å². The molecule has 0 N–H and O–H groups in total. The Labute approximate surface area is 96.3 Å². The third-order valence-corrected chi connectivity index (χ3v) is 2.38. The third kappa shape index (κ3) is 2.71. The van der Waals surface area contributed by atoms with E-state index in [1.54, 1.807) is 13.2 Å². The number of methoxy groups -OCH3 is 2. The van der Waals surface area contributed by atoms with E-state index in [2.05, 4.69) is 27.3 Å². The van der Waals surface area contributed by atoms with Gasteiger partial charge in [-0.25, -0.2) is 4.79 Å². The smallest absolute Gasteiger partial charge is 0.354 e. The van der Waals surface area contributed by atoms with Crippen LogP contribution in [0.2, 0.25) is 0 Å². The summed E-state index contributed by atoms with van der Waals surface area (Å²) in [5.74, 6) is -0.316. The summed E-state index contributed by atoms with van der Waals surface area (Å²) in [7, 11) is 3.01. The number of hydrogen-bond acceptors (Lipinski definition) is 3. The predicted octanol–water partition coefficient (Wildman–Crippen LogP) is 1.53. The second-order valence-electron chi connectivity index (χ2n) is 2.72. The van der Waals surface area contributed by atoms with Gasteiger partial charge in [-0.2, -0.15) is 0 Å². The molecular weight excluding hydrogens is 297 g/mol. The summed E-state index contributed by atoms with van der Waals surface area (Å²) >= 11 is 2.16. The Bertz CT molecular complexity index is 322. The van der Waals surface area contributed by atoms with Gasteiger partial charge in [0, 0.05) is 23.4 Å². The number of carbonyl (C=O) groups excluding carboxylic acids is 1. The SMILES string of the molecule is COCCn1cc(I)cc1C(=O)OC. The second kappa shape index (κ2) is 5.35. The van der Waals surface area contributed by atoms with Crippen molar-refractivity contribution in [2.45, 2.75) is 6.54 Å². The standard InChI is InChI=1S/C9H12INO3/c1-13-4-3-11-6-7(10)5-8(11)9(12)14-2/h5-6H,3-4H2,1-2H3. The lowest BCUT2D eigenvalue weighted by molar-refractivity contribution is 0.0586. The lowest BCUT2D eigenvalue weighted by Crippen LogP contribution is -2.12. The van der Waals surface area contributed by atoms with Crippen molar-refractivity contribution in [1.82, 2.24) is 4.57 Å². The van der Waals surface area contributed by atoms with E-state index >= 15 is 0 Å². The normalized spacial score (nSPS) is 10.2. The monoisotopic (exact) mass is 309 g/mol. The minimum atomic E-state index is -0.316. The van der Waals surface area contributed by atoms with E-state index in [0.717, 1.165) is 3.57 Å². The largest absolute Gasteiger partial charge is 0.464 e. The van der Waals surface area contributed by atoms with Gasteiger partial charge in [-0.3, -0.25) is 0 Å². The number of halogens is 1. The van der Waals surface area contributed by atoms with Crippen LogP contribution < -0.4 is 0 Å². The molecular formula is C9H12INO3. The molecule has 0 saturated carbocycles. The van der Waals surface area contributed by atoms with Crippen molar-refractivity contribution in [2.75, 3.05) is 20.8 Å². The Balaban J connectivity index is 2.85. The number of ether oxygens (including phenoxy) is 2. The summed E-state index contributed by atoms with van der Waals surface area (Å²) in [5.41, 5.74) is 0.564. The molecule has 0 amide bonds. The van der Waals surface area contributed by atoms with Crippen molar-refractivity contribution >= 4 is 28.6 Å². The topological polar surface area (TPSA) is 40.5 Å². The Morgan fingerprint density at radius 2 is 2.29 bits per heavy atom. The first-order valence-corrected chi connectivity index (χ1v) is 5.20. The molecule has 1 heterocycles. The molecule has 4 nitrogen and oxygen atoms in total. The van der Waals surface area contributed by atoms with E-state index < -0.39 is 0 Å². The van der Waals surface area contributed by atoms with Gasteiger partial charge in [-0.15, -0.1) is 0 Å². The molecule has 0 unspecified atom stereocenters. The van der Waals surface area contributed by atoms with Crippen LogP contribution in [0, 0.1) is 3.57 Å². The average Bonchev–Trinajstić information content (AvgIpc) is 2.55. The summed E-state index contributed by atoms with van der Waals surface area (Å²) in [6.07, 6.45) is 1.89. The molecule has 0 spiro atoms. The lowest BCUT2D eigenvalue weighted by atomic mass is 10.4. The van der Waals surface area contributed by atoms with Gasteiger partial charge in [0.05, 0.1) is 13.7 Å². The van der Waals surface area contributed by atoms with Gasteiger partial charge in [0.15, 0.2) is 0 Å². The highest BCUT2D eigenvalue weighted by molar-refractivity contribution is 14.1. The first-order chi connectivity index (χ1) is 6.69. The summed E-state index contributed by atoms with van der Waals surface area (Å²) in [6.45, 7) is 1.23. The fourth-order valence-corrected chi connectivity index (χ4v) is 1.76. The van der Waals surface area contributed by atoms with Crippen molar-refractivity contribution in [1.29, 1.82) is 0 Å². The van der Waals surface area contributed by atoms with E-state index in [1.807, 2.05) is 10.8 Å². The Morgan fingerprint density at radius 1 is 1.57 bits per heavy atom. The van der Waals surface area contributed by atoms with Crippen LogP contribution in [0.15, 0.2) is 12.3 Å². The maximum atomic E-state index is 11.3. The fourth-order valence-electron chi connectivity index (χ4n) is 1.12. The van der Waals surface area contributed by atoms with E-state index in [9.17, 15) is 4.79 Å². The van der Waals surface area contributed by atoms with Crippen LogP contribution in [-0.2, 0) is 16.0 Å². The summed E-state index contributed by atoms with van der Waals surface area (Å²) in [4.78, 5) is 11.3. The predicted molar refractivity (Wildman–Crippen MR) is 60.4 cm³/mol. The van der Waals surface area contributed by atoms with Gasteiger partial charge in [0.2, 0.25) is 0 Å². The molecule has 0 bridgehead atoms. The molecule has 5 heteroatoms. The fraction of sp³-hybridized carbons (Fsp3) is 0.444. The first-order valence-electron chi connectivity index (χ1n) is 4.12. The number of nitrogens with zero attached hydrogens (tertiary/aromatic N) is 1. The molecule has 14 heavy (non-hydrogen) atoms. The van der Waals surface area contributed by atoms with Crippen LogP contribution in [0.25, 0.3) is 0 Å². The molecule has 0 radical (unpaired) electrons. The lowest BCUT2D eigenvalue weighted by Gasteiger charge is -2.05. The van der Waals surface area contributed by atoms with Crippen molar-refractivity contribution < 1.29 is 14.3 Å². The maximum Gasteiger partial charge on any atom is 0.354 e. The highest BCUT2D eigenvalue weighted by atomic mass is 127. The molecule has 0 aliphatic carbocycles. The van der Waals surface area contributed by atoms with Crippen molar-refractivity contribution in [3.8, 4) is 0 Å². The molecule has 0 aliphatic heterocycles. The highest BCUT2D eigenvalue weighted by Crippen LogP contribution is 2.12. The number of carbonyl (C=O) groups is 1. The van der Waals surface area contributed by atoms with Crippen LogP contribution in [0.1, 0.15) is 10.5 Å². The molecule has 0 fully saturated rings. The maximum absolute atomic E-state index is 11.3. The summed E-state index contributed by atoms with van der Waals surface area (Å²) < 4.78 is 12.5. The van der Waals surface area contributed by atoms with Crippen LogP contribution in [0.5, 0.6) is 0 Å². The van der Waals surface area contributed by atoms with Crippen LogP contribution >= 0.6 is 22.6 Å². The Kier molecular flexibility index (Phi) is 4.40. The zero-order chi connectivity index (χ0) is 10.6. The van der Waals surface area contributed by atoms with Gasteiger partial charge in [0.1, 0.15) is 5.69 Å². The Morgan fingerprint density at radius 3 is 2.86 bits per heavy atom. The molecule has 1 aromatic rings. The number of esters is 1. The molecule has 0 aromatic carbocycles. The van der Waals surface area contributed by atoms with Crippen LogP contribution in [-0.4, -0.2) is 31.4 Å². The molecule has 1 aromatic heterocycles. The quantitative estimate of drug-likeness (QED) is 0.625. The molecule has 0 aliphatic rings. The van der Waals surface area contributed by atoms with Crippen LogP contribution in [0.3, 0.4) is 0 Å². The molecule has 0 saturated heterocycles. The minimum absolute atomic E-state index is 0.316. The van der Waals surface area contributed by atoms with E-state index in [4.69, 9.17) is 4.74 Å². The summed E-state index contributed by atoms with van der Waals surface area (Å²) in [5, 5.41) is 0. The highest BCUT2D eigenvalue weighted by Gasteiger charge is 2.12. The average molecular weight is 309 g/mol. The number of rotatable bonds is 4. The Hall–Kier alpha value is -0.560. The zero-order valence-electron chi connectivity index (χ0n) is 8.12. The van der Waals surface area contributed by atoms with E-state index in [1.165, 1.54) is 7.11 Å². The van der Waals surface area contributed by atoms with Gasteiger partial charge in [-0.1, -0.05) is 0 Å². The van der Waals surface area contributed by atoms with E-state index in [-0.39, 0.29) is 5.97 Å². The van der Waals surface area contributed by atoms with Crippen LogP contribution in [0.4, 0.5) is 0 Å². The minimum Gasteiger partial charge on any atom is -0.464 e. The van der Waals surface area contributed by atoms with Gasteiger partial charge < -0.3 is 14.0 Å². The number of aromatic nitrogens is 1. The third-order valence-electron chi connectivity index (χ3n) is 1.79. The second-order valence-corrected chi connectivity index (χ2v) is 3.97. The van der Waals surface area contributed by atoms with E-state index in [0.29, 0.717) is 18.8 Å². The number of hydrogen-bond donors (Lipinski definition) is 0. The first kappa shape index (κ1) is 11.5. The molecule has 0 atom stereocenters. The van der Waals surface area contributed by atoms with Gasteiger partial charge in [-0.05, 0) is 28.7 Å². The van der Waals surface area contributed by atoms with Crippen molar-refractivity contribution in [3.63, 3.8) is 0 Å². The molecule has 1 rings (SSSR count). The van der Waals surface area contributed by atoms with Gasteiger partial charge >= 0.3 is 5.97 Å². The van der Waals surface area contributed by atoms with Crippen molar-refractivity contribution in [3.05, 3.63) is 21.5 Å². The molecule has 78 valence electrons. The zero-order valence-corrected chi connectivity index (χ0v) is 10.3.